The minimum absolute atomic E-state index is 0.636. The molecule has 0 atom stereocenters. The van der Waals surface area contributed by atoms with E-state index >= 15 is 0 Å². The van der Waals surface area contributed by atoms with Crippen molar-refractivity contribution in [3.63, 3.8) is 0 Å². The van der Waals surface area contributed by atoms with E-state index in [1.54, 1.807) is 0 Å². The lowest BCUT2D eigenvalue weighted by Crippen LogP contribution is -2.38. The zero-order chi connectivity index (χ0) is 17.5. The smallest absolute Gasteiger partial charge is 0.223 e. The van der Waals surface area contributed by atoms with Crippen molar-refractivity contribution in [2.75, 3.05) is 44.8 Å². The summed E-state index contributed by atoms with van der Waals surface area (Å²) in [7, 11) is 0. The number of ether oxygens (including phenoxy) is 2. The van der Waals surface area contributed by atoms with Crippen LogP contribution in [0.5, 0.6) is 5.75 Å². The molecule has 0 aliphatic carbocycles. The van der Waals surface area contributed by atoms with Crippen molar-refractivity contribution in [3.8, 4) is 5.75 Å². The van der Waals surface area contributed by atoms with Crippen LogP contribution in [0.4, 0.5) is 5.95 Å². The van der Waals surface area contributed by atoms with Gasteiger partial charge in [0.25, 0.3) is 0 Å². The first-order valence-corrected chi connectivity index (χ1v) is 8.78. The van der Waals surface area contributed by atoms with Crippen LogP contribution >= 0.6 is 0 Å². The standard InChI is InChI=1S/C19H26N4O2/c1-15-13-16(2)22-19(21-15)20-14-17-5-3-4-6-18(17)25-12-9-23-7-10-24-11-8-23/h3-6,13H,7-12,14H2,1-2H3,(H,20,21,22). The van der Waals surface area contributed by atoms with Crippen molar-refractivity contribution in [3.05, 3.63) is 47.3 Å². The number of aromatic nitrogens is 2. The Kier molecular flexibility index (Phi) is 6.19. The molecule has 0 saturated carbocycles. The Labute approximate surface area is 149 Å². The third-order valence-electron chi connectivity index (χ3n) is 4.16. The van der Waals surface area contributed by atoms with Gasteiger partial charge in [-0.05, 0) is 26.0 Å². The largest absolute Gasteiger partial charge is 0.492 e. The number of nitrogens with zero attached hydrogens (tertiary/aromatic N) is 3. The van der Waals surface area contributed by atoms with Gasteiger partial charge in [0.05, 0.1) is 13.2 Å². The van der Waals surface area contributed by atoms with Gasteiger partial charge in [-0.25, -0.2) is 9.97 Å². The molecule has 1 saturated heterocycles. The molecule has 1 aliphatic heterocycles. The maximum absolute atomic E-state index is 6.01. The van der Waals surface area contributed by atoms with E-state index in [1.807, 2.05) is 38.1 Å². The Balaban J connectivity index is 1.54. The Morgan fingerprint density at radius 2 is 1.84 bits per heavy atom. The summed E-state index contributed by atoms with van der Waals surface area (Å²) in [6.45, 7) is 9.78. The van der Waals surface area contributed by atoms with Crippen LogP contribution in [0.25, 0.3) is 0 Å². The highest BCUT2D eigenvalue weighted by Crippen LogP contribution is 2.19. The van der Waals surface area contributed by atoms with Crippen molar-refractivity contribution >= 4 is 5.95 Å². The molecule has 0 bridgehead atoms. The van der Waals surface area contributed by atoms with Crippen LogP contribution in [0, 0.1) is 13.8 Å². The van der Waals surface area contributed by atoms with Crippen LogP contribution in [0.1, 0.15) is 17.0 Å². The zero-order valence-corrected chi connectivity index (χ0v) is 15.0. The van der Waals surface area contributed by atoms with Crippen molar-refractivity contribution in [2.45, 2.75) is 20.4 Å². The second-order valence-electron chi connectivity index (χ2n) is 6.24. The summed E-state index contributed by atoms with van der Waals surface area (Å²) in [6.07, 6.45) is 0. The van der Waals surface area contributed by atoms with E-state index in [0.717, 1.165) is 55.5 Å². The highest BCUT2D eigenvalue weighted by Gasteiger charge is 2.10. The van der Waals surface area contributed by atoms with E-state index in [9.17, 15) is 0 Å². The van der Waals surface area contributed by atoms with Gasteiger partial charge in [-0.2, -0.15) is 0 Å². The lowest BCUT2D eigenvalue weighted by atomic mass is 10.2. The third-order valence-corrected chi connectivity index (χ3v) is 4.16. The van der Waals surface area contributed by atoms with Gasteiger partial charge in [0, 0.05) is 43.1 Å². The second kappa shape index (κ2) is 8.78. The van der Waals surface area contributed by atoms with E-state index in [-0.39, 0.29) is 0 Å². The number of rotatable bonds is 7. The van der Waals surface area contributed by atoms with Gasteiger partial charge in [0.15, 0.2) is 0 Å². The van der Waals surface area contributed by atoms with Gasteiger partial charge in [-0.15, -0.1) is 0 Å². The fraction of sp³-hybridized carbons (Fsp3) is 0.474. The van der Waals surface area contributed by atoms with Crippen LogP contribution in [0.3, 0.4) is 0 Å². The Hall–Kier alpha value is -2.18. The number of morpholine rings is 1. The quantitative estimate of drug-likeness (QED) is 0.834. The monoisotopic (exact) mass is 342 g/mol. The summed E-state index contributed by atoms with van der Waals surface area (Å²) in [5, 5.41) is 3.29. The van der Waals surface area contributed by atoms with Gasteiger partial charge in [-0.1, -0.05) is 18.2 Å². The topological polar surface area (TPSA) is 59.5 Å². The molecule has 1 fully saturated rings. The fourth-order valence-corrected chi connectivity index (χ4v) is 2.88. The van der Waals surface area contributed by atoms with Crippen LogP contribution in [0.2, 0.25) is 0 Å². The maximum atomic E-state index is 6.01. The Morgan fingerprint density at radius 1 is 1.12 bits per heavy atom. The van der Waals surface area contributed by atoms with Crippen molar-refractivity contribution in [1.29, 1.82) is 0 Å². The molecule has 0 radical (unpaired) electrons. The molecule has 1 aliphatic rings. The molecule has 1 aromatic heterocycles. The van der Waals surface area contributed by atoms with Crippen LogP contribution in [-0.4, -0.2) is 54.3 Å². The summed E-state index contributed by atoms with van der Waals surface area (Å²) < 4.78 is 11.4. The Bertz CT molecular complexity index is 667. The van der Waals surface area contributed by atoms with Crippen LogP contribution < -0.4 is 10.1 Å². The number of benzene rings is 1. The average Bonchev–Trinajstić information content (AvgIpc) is 2.61. The second-order valence-corrected chi connectivity index (χ2v) is 6.24. The molecular formula is C19H26N4O2. The molecule has 1 N–H and O–H groups in total. The number of nitrogens with one attached hydrogen (secondary N) is 1. The highest BCUT2D eigenvalue weighted by atomic mass is 16.5. The number of para-hydroxylation sites is 1. The van der Waals surface area contributed by atoms with E-state index < -0.39 is 0 Å². The van der Waals surface area contributed by atoms with Gasteiger partial charge < -0.3 is 14.8 Å². The summed E-state index contributed by atoms with van der Waals surface area (Å²) in [4.78, 5) is 11.2. The summed E-state index contributed by atoms with van der Waals surface area (Å²) in [5.41, 5.74) is 3.03. The molecule has 0 amide bonds. The lowest BCUT2D eigenvalue weighted by molar-refractivity contribution is 0.0322. The normalized spacial score (nSPS) is 15.1. The summed E-state index contributed by atoms with van der Waals surface area (Å²) >= 11 is 0. The lowest BCUT2D eigenvalue weighted by Gasteiger charge is -2.26. The van der Waals surface area contributed by atoms with E-state index in [4.69, 9.17) is 9.47 Å². The number of aryl methyl sites for hydroxylation is 2. The number of anilines is 1. The van der Waals surface area contributed by atoms with Crippen LogP contribution in [-0.2, 0) is 11.3 Å². The van der Waals surface area contributed by atoms with Crippen molar-refractivity contribution < 1.29 is 9.47 Å². The average molecular weight is 342 g/mol. The first kappa shape index (κ1) is 17.6. The zero-order valence-electron chi connectivity index (χ0n) is 15.0. The third kappa shape index (κ3) is 5.41. The first-order chi connectivity index (χ1) is 12.2. The van der Waals surface area contributed by atoms with Crippen molar-refractivity contribution in [1.82, 2.24) is 14.9 Å². The molecule has 0 unspecified atom stereocenters. The van der Waals surface area contributed by atoms with E-state index in [2.05, 4.69) is 26.3 Å². The molecule has 2 heterocycles. The van der Waals surface area contributed by atoms with E-state index in [0.29, 0.717) is 19.1 Å². The van der Waals surface area contributed by atoms with Gasteiger partial charge in [0.1, 0.15) is 12.4 Å². The predicted octanol–water partition coefficient (Wildman–Crippen LogP) is 2.42. The van der Waals surface area contributed by atoms with Gasteiger partial charge in [-0.3, -0.25) is 4.90 Å². The molecule has 3 rings (SSSR count). The molecule has 1 aromatic carbocycles. The molecule has 2 aromatic rings. The maximum Gasteiger partial charge on any atom is 0.223 e. The minimum atomic E-state index is 0.636. The highest BCUT2D eigenvalue weighted by molar-refractivity contribution is 5.37. The molecular weight excluding hydrogens is 316 g/mol. The molecule has 134 valence electrons. The van der Waals surface area contributed by atoms with Crippen LogP contribution in [0.15, 0.2) is 30.3 Å². The minimum Gasteiger partial charge on any atom is -0.492 e. The molecule has 6 heteroatoms. The van der Waals surface area contributed by atoms with Gasteiger partial charge in [0.2, 0.25) is 5.95 Å². The summed E-state index contributed by atoms with van der Waals surface area (Å²) in [6, 6.07) is 10.1. The first-order valence-electron chi connectivity index (χ1n) is 8.78. The number of hydrogen-bond acceptors (Lipinski definition) is 6. The summed E-state index contributed by atoms with van der Waals surface area (Å²) in [5.74, 6) is 1.56. The fourth-order valence-electron chi connectivity index (χ4n) is 2.88. The Morgan fingerprint density at radius 3 is 2.60 bits per heavy atom. The van der Waals surface area contributed by atoms with Crippen molar-refractivity contribution in [2.24, 2.45) is 0 Å². The molecule has 0 spiro atoms. The van der Waals surface area contributed by atoms with E-state index in [1.165, 1.54) is 0 Å². The molecule has 6 nitrogen and oxygen atoms in total. The SMILES string of the molecule is Cc1cc(C)nc(NCc2ccccc2OCCN2CCOCC2)n1. The van der Waals surface area contributed by atoms with Gasteiger partial charge >= 0.3 is 0 Å². The number of hydrogen-bond donors (Lipinski definition) is 1. The predicted molar refractivity (Wildman–Crippen MR) is 98.0 cm³/mol. The molecule has 25 heavy (non-hydrogen) atoms.